The highest BCUT2D eigenvalue weighted by atomic mass is 16.5. The number of aromatic nitrogens is 1. The third-order valence-corrected chi connectivity index (χ3v) is 2.14. The van der Waals surface area contributed by atoms with Gasteiger partial charge in [-0.05, 0) is 24.6 Å². The molecule has 0 fully saturated rings. The van der Waals surface area contributed by atoms with Crippen molar-refractivity contribution < 1.29 is 14.3 Å². The SMILES string of the molecule is COC(=O)CCc1cc(C)cc(NC(C)=O)n1. The predicted molar refractivity (Wildman–Crippen MR) is 63.6 cm³/mol. The molecule has 5 nitrogen and oxygen atoms in total. The first-order chi connectivity index (χ1) is 8.01. The zero-order valence-electron chi connectivity index (χ0n) is 10.2. The maximum absolute atomic E-state index is 11.0. The number of ether oxygens (including phenoxy) is 1. The summed E-state index contributed by atoms with van der Waals surface area (Å²) in [4.78, 5) is 26.2. The van der Waals surface area contributed by atoms with E-state index in [0.717, 1.165) is 11.3 Å². The van der Waals surface area contributed by atoms with Gasteiger partial charge in [0.2, 0.25) is 5.91 Å². The van der Waals surface area contributed by atoms with Crippen LogP contribution in [-0.2, 0) is 20.7 Å². The van der Waals surface area contributed by atoms with E-state index in [1.807, 2.05) is 13.0 Å². The number of nitrogens with zero attached hydrogens (tertiary/aromatic N) is 1. The number of carbonyl (C=O) groups excluding carboxylic acids is 2. The number of esters is 1. The van der Waals surface area contributed by atoms with Gasteiger partial charge in [-0.3, -0.25) is 9.59 Å². The Hall–Kier alpha value is -1.91. The number of aryl methyl sites for hydroxylation is 2. The second kappa shape index (κ2) is 5.98. The molecular formula is C12H16N2O3. The number of methoxy groups -OCH3 is 1. The molecule has 1 heterocycles. The van der Waals surface area contributed by atoms with Crippen molar-refractivity contribution in [2.45, 2.75) is 26.7 Å². The van der Waals surface area contributed by atoms with Gasteiger partial charge in [-0.15, -0.1) is 0 Å². The third kappa shape index (κ3) is 4.63. The van der Waals surface area contributed by atoms with Gasteiger partial charge in [0.25, 0.3) is 0 Å². The van der Waals surface area contributed by atoms with Crippen LogP contribution in [0.5, 0.6) is 0 Å². The summed E-state index contributed by atoms with van der Waals surface area (Å²) in [6.45, 7) is 3.34. The molecule has 0 radical (unpaired) electrons. The molecule has 0 aromatic carbocycles. The normalized spacial score (nSPS) is 9.82. The highest BCUT2D eigenvalue weighted by Crippen LogP contribution is 2.11. The lowest BCUT2D eigenvalue weighted by Crippen LogP contribution is -2.09. The van der Waals surface area contributed by atoms with E-state index in [1.165, 1.54) is 14.0 Å². The van der Waals surface area contributed by atoms with Gasteiger partial charge in [-0.1, -0.05) is 0 Å². The van der Waals surface area contributed by atoms with E-state index in [4.69, 9.17) is 0 Å². The number of carbonyl (C=O) groups is 2. The molecule has 1 amide bonds. The van der Waals surface area contributed by atoms with Crippen LogP contribution in [0.2, 0.25) is 0 Å². The average Bonchev–Trinajstić information content (AvgIpc) is 2.24. The lowest BCUT2D eigenvalue weighted by atomic mass is 10.1. The lowest BCUT2D eigenvalue weighted by molar-refractivity contribution is -0.140. The van der Waals surface area contributed by atoms with Crippen molar-refractivity contribution in [2.75, 3.05) is 12.4 Å². The predicted octanol–water partition coefficient (Wildman–Crippen LogP) is 1.45. The summed E-state index contributed by atoms with van der Waals surface area (Å²) in [7, 11) is 1.36. The van der Waals surface area contributed by atoms with Crippen molar-refractivity contribution in [3.8, 4) is 0 Å². The Labute approximate surface area is 100 Å². The third-order valence-electron chi connectivity index (χ3n) is 2.14. The standard InChI is InChI=1S/C12H16N2O3/c1-8-6-10(4-5-12(16)17-3)14-11(7-8)13-9(2)15/h6-7H,4-5H2,1-3H3,(H,13,14,15). The summed E-state index contributed by atoms with van der Waals surface area (Å²) >= 11 is 0. The summed E-state index contributed by atoms with van der Waals surface area (Å²) in [5, 5.41) is 2.62. The molecule has 92 valence electrons. The Morgan fingerprint density at radius 3 is 2.71 bits per heavy atom. The Bertz CT molecular complexity index is 430. The van der Waals surface area contributed by atoms with Crippen molar-refractivity contribution >= 4 is 17.7 Å². The topological polar surface area (TPSA) is 68.3 Å². The maximum Gasteiger partial charge on any atom is 0.305 e. The maximum atomic E-state index is 11.0. The highest BCUT2D eigenvalue weighted by molar-refractivity contribution is 5.87. The minimum atomic E-state index is -0.269. The Morgan fingerprint density at radius 2 is 2.12 bits per heavy atom. The fourth-order valence-electron chi connectivity index (χ4n) is 1.44. The van der Waals surface area contributed by atoms with E-state index in [9.17, 15) is 9.59 Å². The lowest BCUT2D eigenvalue weighted by Gasteiger charge is -2.06. The molecule has 1 rings (SSSR count). The highest BCUT2D eigenvalue weighted by Gasteiger charge is 2.05. The van der Waals surface area contributed by atoms with Crippen molar-refractivity contribution in [1.82, 2.24) is 4.98 Å². The largest absolute Gasteiger partial charge is 0.469 e. The smallest absolute Gasteiger partial charge is 0.305 e. The minimum Gasteiger partial charge on any atom is -0.469 e. The van der Waals surface area contributed by atoms with Crippen molar-refractivity contribution in [2.24, 2.45) is 0 Å². The van der Waals surface area contributed by atoms with Gasteiger partial charge in [-0.2, -0.15) is 0 Å². The van der Waals surface area contributed by atoms with Gasteiger partial charge in [0.05, 0.1) is 13.5 Å². The Kier molecular flexibility index (Phi) is 4.63. The minimum absolute atomic E-state index is 0.165. The molecule has 1 aromatic rings. The molecule has 1 N–H and O–H groups in total. The number of hydrogen-bond acceptors (Lipinski definition) is 4. The Balaban J connectivity index is 2.75. The van der Waals surface area contributed by atoms with Crippen molar-refractivity contribution in [1.29, 1.82) is 0 Å². The molecule has 0 unspecified atom stereocenters. The Morgan fingerprint density at radius 1 is 1.41 bits per heavy atom. The first-order valence-electron chi connectivity index (χ1n) is 5.33. The van der Waals surface area contributed by atoms with E-state index in [0.29, 0.717) is 12.2 Å². The zero-order valence-corrected chi connectivity index (χ0v) is 10.2. The summed E-state index contributed by atoms with van der Waals surface area (Å²) in [6, 6.07) is 3.66. The molecule has 17 heavy (non-hydrogen) atoms. The van der Waals surface area contributed by atoms with Crippen LogP contribution in [0, 0.1) is 6.92 Å². The molecular weight excluding hydrogens is 220 g/mol. The first kappa shape index (κ1) is 13.2. The summed E-state index contributed by atoms with van der Waals surface area (Å²) < 4.78 is 4.56. The molecule has 0 aliphatic carbocycles. The van der Waals surface area contributed by atoms with Crippen LogP contribution in [0.1, 0.15) is 24.6 Å². The van der Waals surface area contributed by atoms with Gasteiger partial charge in [0, 0.05) is 19.0 Å². The number of rotatable bonds is 4. The van der Waals surface area contributed by atoms with E-state index < -0.39 is 0 Å². The van der Waals surface area contributed by atoms with Gasteiger partial charge < -0.3 is 10.1 Å². The number of hydrogen-bond donors (Lipinski definition) is 1. The molecule has 0 atom stereocenters. The molecule has 0 saturated carbocycles. The van der Waals surface area contributed by atoms with Crippen molar-refractivity contribution in [3.05, 3.63) is 23.4 Å². The number of anilines is 1. The van der Waals surface area contributed by atoms with Crippen LogP contribution < -0.4 is 5.32 Å². The number of pyridine rings is 1. The zero-order chi connectivity index (χ0) is 12.8. The summed E-state index contributed by atoms with van der Waals surface area (Å²) in [5.74, 6) is 0.0776. The van der Waals surface area contributed by atoms with E-state index in [-0.39, 0.29) is 18.3 Å². The first-order valence-corrected chi connectivity index (χ1v) is 5.33. The monoisotopic (exact) mass is 236 g/mol. The van der Waals surface area contributed by atoms with Crippen LogP contribution in [0.15, 0.2) is 12.1 Å². The van der Waals surface area contributed by atoms with Gasteiger partial charge in [0.1, 0.15) is 5.82 Å². The van der Waals surface area contributed by atoms with Crippen LogP contribution >= 0.6 is 0 Å². The number of amides is 1. The van der Waals surface area contributed by atoms with E-state index >= 15 is 0 Å². The van der Waals surface area contributed by atoms with Gasteiger partial charge in [-0.25, -0.2) is 4.98 Å². The van der Waals surface area contributed by atoms with Crippen molar-refractivity contribution in [3.63, 3.8) is 0 Å². The van der Waals surface area contributed by atoms with Crippen LogP contribution in [0.4, 0.5) is 5.82 Å². The quantitative estimate of drug-likeness (QED) is 0.803. The molecule has 0 aliphatic rings. The second-order valence-corrected chi connectivity index (χ2v) is 3.78. The summed E-state index contributed by atoms with van der Waals surface area (Å²) in [5.41, 5.74) is 1.75. The molecule has 0 bridgehead atoms. The molecule has 1 aromatic heterocycles. The van der Waals surface area contributed by atoms with Crippen LogP contribution in [-0.4, -0.2) is 24.0 Å². The number of nitrogens with one attached hydrogen (secondary N) is 1. The van der Waals surface area contributed by atoms with Gasteiger partial charge >= 0.3 is 5.97 Å². The molecule has 0 spiro atoms. The van der Waals surface area contributed by atoms with Crippen LogP contribution in [0.25, 0.3) is 0 Å². The molecule has 0 saturated heterocycles. The van der Waals surface area contributed by atoms with E-state index in [1.54, 1.807) is 6.07 Å². The van der Waals surface area contributed by atoms with Crippen LogP contribution in [0.3, 0.4) is 0 Å². The average molecular weight is 236 g/mol. The van der Waals surface area contributed by atoms with E-state index in [2.05, 4.69) is 15.0 Å². The van der Waals surface area contributed by atoms with Gasteiger partial charge in [0.15, 0.2) is 0 Å². The fraction of sp³-hybridized carbons (Fsp3) is 0.417. The molecule has 0 aliphatic heterocycles. The summed E-state index contributed by atoms with van der Waals surface area (Å²) in [6.07, 6.45) is 0.785. The fourth-order valence-corrected chi connectivity index (χ4v) is 1.44. The second-order valence-electron chi connectivity index (χ2n) is 3.78. The molecule has 5 heteroatoms.